The van der Waals surface area contributed by atoms with Crippen LogP contribution in [0, 0.1) is 5.82 Å². The van der Waals surface area contributed by atoms with Gasteiger partial charge in [-0.25, -0.2) is 14.2 Å². The quantitative estimate of drug-likeness (QED) is 0.485. The number of carboxylic acid groups (broad SMARTS) is 1. The van der Waals surface area contributed by atoms with Gasteiger partial charge < -0.3 is 15.6 Å². The SMILES string of the molecule is Nc1cc(F)cc2c(C(=O)O)cc(-c3ccc(Oc4ccccc4)cc3)nc12. The highest BCUT2D eigenvalue weighted by molar-refractivity contribution is 6.06. The van der Waals surface area contributed by atoms with Gasteiger partial charge in [0.05, 0.1) is 22.5 Å². The first-order chi connectivity index (χ1) is 13.5. The van der Waals surface area contributed by atoms with Crippen LogP contribution in [0.15, 0.2) is 72.8 Å². The van der Waals surface area contributed by atoms with Gasteiger partial charge in [0.1, 0.15) is 17.3 Å². The van der Waals surface area contributed by atoms with Crippen LogP contribution in [-0.2, 0) is 0 Å². The average Bonchev–Trinajstić information content (AvgIpc) is 2.68. The Bertz CT molecular complexity index is 1180. The number of aromatic nitrogens is 1. The van der Waals surface area contributed by atoms with E-state index in [4.69, 9.17) is 10.5 Å². The monoisotopic (exact) mass is 374 g/mol. The standard InChI is InChI=1S/C22H15FN2O3/c23-14-10-17-18(22(26)27)12-20(25-21(17)19(24)11-14)13-6-8-16(9-7-13)28-15-4-2-1-3-5-15/h1-12H,24H2,(H,26,27). The summed E-state index contributed by atoms with van der Waals surface area (Å²) in [4.78, 5) is 16.1. The predicted octanol–water partition coefficient (Wildman–Crippen LogP) is 5.11. The Hall–Kier alpha value is -3.93. The number of fused-ring (bicyclic) bond motifs is 1. The number of pyridine rings is 1. The number of anilines is 1. The Morgan fingerprint density at radius 3 is 2.32 bits per heavy atom. The minimum Gasteiger partial charge on any atom is -0.478 e. The van der Waals surface area contributed by atoms with Gasteiger partial charge in [-0.05, 0) is 54.6 Å². The van der Waals surface area contributed by atoms with Gasteiger partial charge >= 0.3 is 5.97 Å². The molecule has 0 spiro atoms. The Morgan fingerprint density at radius 2 is 1.64 bits per heavy atom. The maximum absolute atomic E-state index is 13.7. The number of hydrogen-bond acceptors (Lipinski definition) is 4. The van der Waals surface area contributed by atoms with Crippen molar-refractivity contribution in [2.45, 2.75) is 0 Å². The molecule has 5 nitrogen and oxygen atoms in total. The molecule has 4 aromatic rings. The molecule has 3 N–H and O–H groups in total. The van der Waals surface area contributed by atoms with E-state index in [2.05, 4.69) is 4.98 Å². The van der Waals surface area contributed by atoms with E-state index in [1.54, 1.807) is 24.3 Å². The molecule has 0 saturated heterocycles. The summed E-state index contributed by atoms with van der Waals surface area (Å²) >= 11 is 0. The fourth-order valence-electron chi connectivity index (χ4n) is 2.96. The molecule has 4 rings (SSSR count). The number of para-hydroxylation sites is 1. The minimum atomic E-state index is -1.18. The summed E-state index contributed by atoms with van der Waals surface area (Å²) in [5, 5.41) is 9.70. The Labute approximate surface area is 159 Å². The van der Waals surface area contributed by atoms with E-state index in [-0.39, 0.29) is 22.2 Å². The summed E-state index contributed by atoms with van der Waals surface area (Å²) in [6, 6.07) is 20.1. The number of nitrogens with zero attached hydrogens (tertiary/aromatic N) is 1. The zero-order chi connectivity index (χ0) is 19.7. The van der Waals surface area contributed by atoms with Crippen LogP contribution in [0.25, 0.3) is 22.2 Å². The normalized spacial score (nSPS) is 10.8. The van der Waals surface area contributed by atoms with Crippen LogP contribution in [0.5, 0.6) is 11.5 Å². The lowest BCUT2D eigenvalue weighted by Gasteiger charge is -2.10. The number of benzene rings is 3. The van der Waals surface area contributed by atoms with Crippen LogP contribution in [0.2, 0.25) is 0 Å². The third-order valence-corrected chi connectivity index (χ3v) is 4.27. The van der Waals surface area contributed by atoms with E-state index in [1.807, 2.05) is 30.3 Å². The van der Waals surface area contributed by atoms with Gasteiger partial charge in [0.2, 0.25) is 0 Å². The van der Waals surface area contributed by atoms with Gasteiger partial charge in [-0.1, -0.05) is 18.2 Å². The molecule has 3 aromatic carbocycles. The van der Waals surface area contributed by atoms with Crippen molar-refractivity contribution in [2.75, 3.05) is 5.73 Å². The topological polar surface area (TPSA) is 85.4 Å². The van der Waals surface area contributed by atoms with Gasteiger partial charge in [-0.3, -0.25) is 0 Å². The molecule has 1 aromatic heterocycles. The molecule has 0 aliphatic carbocycles. The van der Waals surface area contributed by atoms with E-state index < -0.39 is 11.8 Å². The summed E-state index contributed by atoms with van der Waals surface area (Å²) in [6.07, 6.45) is 0. The van der Waals surface area contributed by atoms with Gasteiger partial charge in [0.15, 0.2) is 0 Å². The number of nitrogens with two attached hydrogens (primary N) is 1. The highest BCUT2D eigenvalue weighted by atomic mass is 19.1. The second kappa shape index (κ2) is 7.00. The molecular formula is C22H15FN2O3. The Kier molecular flexibility index (Phi) is 4.37. The third-order valence-electron chi connectivity index (χ3n) is 4.27. The van der Waals surface area contributed by atoms with Crippen molar-refractivity contribution in [3.63, 3.8) is 0 Å². The maximum Gasteiger partial charge on any atom is 0.336 e. The zero-order valence-electron chi connectivity index (χ0n) is 14.6. The summed E-state index contributed by atoms with van der Waals surface area (Å²) < 4.78 is 19.4. The largest absolute Gasteiger partial charge is 0.478 e. The van der Waals surface area contributed by atoms with E-state index in [0.29, 0.717) is 22.8 Å². The second-order valence-corrected chi connectivity index (χ2v) is 6.19. The molecule has 0 aliphatic heterocycles. The van der Waals surface area contributed by atoms with Crippen LogP contribution >= 0.6 is 0 Å². The molecule has 0 saturated carbocycles. The van der Waals surface area contributed by atoms with E-state index in [1.165, 1.54) is 6.07 Å². The molecule has 0 bridgehead atoms. The molecule has 28 heavy (non-hydrogen) atoms. The lowest BCUT2D eigenvalue weighted by atomic mass is 10.0. The molecule has 0 unspecified atom stereocenters. The van der Waals surface area contributed by atoms with E-state index in [9.17, 15) is 14.3 Å². The summed E-state index contributed by atoms with van der Waals surface area (Å²) in [7, 11) is 0. The van der Waals surface area contributed by atoms with Crippen molar-refractivity contribution in [3.8, 4) is 22.8 Å². The van der Waals surface area contributed by atoms with Crippen molar-refractivity contribution < 1.29 is 19.0 Å². The molecule has 0 aliphatic rings. The number of rotatable bonds is 4. The molecular weight excluding hydrogens is 359 g/mol. The minimum absolute atomic E-state index is 0.0594. The lowest BCUT2D eigenvalue weighted by molar-refractivity contribution is 0.0699. The Balaban J connectivity index is 1.75. The van der Waals surface area contributed by atoms with E-state index >= 15 is 0 Å². The number of halogens is 1. The predicted molar refractivity (Wildman–Crippen MR) is 105 cm³/mol. The molecule has 6 heteroatoms. The number of ether oxygens (including phenoxy) is 1. The van der Waals surface area contributed by atoms with Crippen LogP contribution in [-0.4, -0.2) is 16.1 Å². The summed E-state index contributed by atoms with van der Waals surface area (Å²) in [5.41, 5.74) is 7.26. The maximum atomic E-state index is 13.7. The molecule has 0 fully saturated rings. The summed E-state index contributed by atoms with van der Waals surface area (Å²) in [5.74, 6) is -0.440. The van der Waals surface area contributed by atoms with Gasteiger partial charge in [0.25, 0.3) is 0 Å². The average molecular weight is 374 g/mol. The first-order valence-corrected chi connectivity index (χ1v) is 8.47. The van der Waals surface area contributed by atoms with Crippen LogP contribution in [0.1, 0.15) is 10.4 Å². The van der Waals surface area contributed by atoms with Crippen molar-refractivity contribution in [3.05, 3.63) is 84.2 Å². The van der Waals surface area contributed by atoms with Gasteiger partial charge in [0, 0.05) is 10.9 Å². The molecule has 0 radical (unpaired) electrons. The van der Waals surface area contributed by atoms with E-state index in [0.717, 1.165) is 12.1 Å². The first-order valence-electron chi connectivity index (χ1n) is 8.47. The number of carboxylic acids is 1. The van der Waals surface area contributed by atoms with Crippen molar-refractivity contribution in [1.29, 1.82) is 0 Å². The van der Waals surface area contributed by atoms with Crippen molar-refractivity contribution in [1.82, 2.24) is 4.98 Å². The van der Waals surface area contributed by atoms with Gasteiger partial charge in [-0.15, -0.1) is 0 Å². The highest BCUT2D eigenvalue weighted by Gasteiger charge is 2.16. The van der Waals surface area contributed by atoms with Crippen LogP contribution in [0.4, 0.5) is 10.1 Å². The number of carbonyl (C=O) groups is 1. The lowest BCUT2D eigenvalue weighted by Crippen LogP contribution is -2.02. The number of aromatic carboxylic acids is 1. The van der Waals surface area contributed by atoms with Crippen LogP contribution in [0.3, 0.4) is 0 Å². The van der Waals surface area contributed by atoms with Gasteiger partial charge in [-0.2, -0.15) is 0 Å². The highest BCUT2D eigenvalue weighted by Crippen LogP contribution is 2.30. The fraction of sp³-hybridized carbons (Fsp3) is 0. The smallest absolute Gasteiger partial charge is 0.336 e. The molecule has 138 valence electrons. The molecule has 1 heterocycles. The summed E-state index contributed by atoms with van der Waals surface area (Å²) in [6.45, 7) is 0. The molecule has 0 amide bonds. The number of nitrogen functional groups attached to an aromatic ring is 1. The van der Waals surface area contributed by atoms with Crippen LogP contribution < -0.4 is 10.5 Å². The second-order valence-electron chi connectivity index (χ2n) is 6.19. The number of hydrogen-bond donors (Lipinski definition) is 2. The fourth-order valence-corrected chi connectivity index (χ4v) is 2.96. The molecule has 0 atom stereocenters. The first kappa shape index (κ1) is 17.5. The van der Waals surface area contributed by atoms with Crippen molar-refractivity contribution in [2.24, 2.45) is 0 Å². The third kappa shape index (κ3) is 3.35. The van der Waals surface area contributed by atoms with Crippen molar-refractivity contribution >= 4 is 22.6 Å². The zero-order valence-corrected chi connectivity index (χ0v) is 14.6. The Morgan fingerprint density at radius 1 is 0.964 bits per heavy atom.